The van der Waals surface area contributed by atoms with Gasteiger partial charge in [-0.25, -0.2) is 0 Å². The van der Waals surface area contributed by atoms with Gasteiger partial charge in [-0.05, 0) is 30.2 Å². The van der Waals surface area contributed by atoms with Gasteiger partial charge in [-0.3, -0.25) is 4.98 Å². The van der Waals surface area contributed by atoms with Crippen LogP contribution in [0.25, 0.3) is 0 Å². The lowest BCUT2D eigenvalue weighted by Gasteiger charge is -2.05. The minimum absolute atomic E-state index is 0.885. The molecule has 0 spiro atoms. The first kappa shape index (κ1) is 14.4. The topological polar surface area (TPSA) is 24.9 Å². The summed E-state index contributed by atoms with van der Waals surface area (Å²) in [6.07, 6.45) is 3.64. The molecule has 0 atom stereocenters. The number of hydrogen-bond acceptors (Lipinski definition) is 2. The van der Waals surface area contributed by atoms with E-state index in [1.54, 1.807) is 0 Å². The van der Waals surface area contributed by atoms with Crippen LogP contribution in [0.15, 0.2) is 48.8 Å². The molecule has 96 valence electrons. The van der Waals surface area contributed by atoms with Crippen molar-refractivity contribution < 1.29 is 0 Å². The van der Waals surface area contributed by atoms with E-state index < -0.39 is 0 Å². The lowest BCUT2D eigenvalue weighted by Crippen LogP contribution is -2.12. The summed E-state index contributed by atoms with van der Waals surface area (Å²) in [6.45, 7) is 7.90. The minimum atomic E-state index is 0.885. The van der Waals surface area contributed by atoms with Crippen molar-refractivity contribution in [1.29, 1.82) is 0 Å². The van der Waals surface area contributed by atoms with Crippen molar-refractivity contribution >= 4 is 0 Å². The molecule has 0 saturated heterocycles. The summed E-state index contributed by atoms with van der Waals surface area (Å²) in [6, 6.07) is 12.7. The predicted octanol–water partition coefficient (Wildman–Crippen LogP) is 3.71. The van der Waals surface area contributed by atoms with Crippen molar-refractivity contribution in [3.63, 3.8) is 0 Å². The molecule has 2 aromatic rings. The molecule has 0 aliphatic rings. The molecule has 0 aliphatic carbocycles. The van der Waals surface area contributed by atoms with Crippen molar-refractivity contribution in [3.05, 3.63) is 65.5 Å². The zero-order valence-electron chi connectivity index (χ0n) is 11.5. The molecular formula is C16H22N2. The maximum absolute atomic E-state index is 3.99. The highest BCUT2D eigenvalue weighted by Gasteiger charge is 1.93. The SMILES string of the molecule is CC.Cc1ccc(CNCc2ccncc2)cc1. The monoisotopic (exact) mass is 242 g/mol. The van der Waals surface area contributed by atoms with Gasteiger partial charge in [0.1, 0.15) is 0 Å². The number of nitrogens with zero attached hydrogens (tertiary/aromatic N) is 1. The Hall–Kier alpha value is -1.67. The summed E-state index contributed by atoms with van der Waals surface area (Å²) >= 11 is 0. The normalized spacial score (nSPS) is 9.50. The second kappa shape index (κ2) is 8.43. The Morgan fingerprint density at radius 1 is 0.833 bits per heavy atom. The smallest absolute Gasteiger partial charge is 0.0271 e. The van der Waals surface area contributed by atoms with Gasteiger partial charge in [0.15, 0.2) is 0 Å². The number of nitrogens with one attached hydrogen (secondary N) is 1. The summed E-state index contributed by atoms with van der Waals surface area (Å²) < 4.78 is 0. The molecular weight excluding hydrogens is 220 g/mol. The Bertz CT molecular complexity index is 421. The van der Waals surface area contributed by atoms with Gasteiger partial charge in [-0.15, -0.1) is 0 Å². The molecule has 0 fully saturated rings. The van der Waals surface area contributed by atoms with Crippen molar-refractivity contribution in [1.82, 2.24) is 10.3 Å². The van der Waals surface area contributed by atoms with Crippen LogP contribution in [0.2, 0.25) is 0 Å². The molecule has 1 aromatic carbocycles. The van der Waals surface area contributed by atoms with E-state index in [1.807, 2.05) is 38.4 Å². The van der Waals surface area contributed by atoms with Crippen LogP contribution < -0.4 is 5.32 Å². The van der Waals surface area contributed by atoms with E-state index >= 15 is 0 Å². The molecule has 0 radical (unpaired) electrons. The fraction of sp³-hybridized carbons (Fsp3) is 0.312. The second-order valence-corrected chi connectivity index (χ2v) is 3.94. The lowest BCUT2D eigenvalue weighted by molar-refractivity contribution is 0.692. The van der Waals surface area contributed by atoms with E-state index in [4.69, 9.17) is 0 Å². The first-order valence-electron chi connectivity index (χ1n) is 6.50. The molecule has 1 heterocycles. The van der Waals surface area contributed by atoms with Crippen LogP contribution in [0.4, 0.5) is 0 Å². The van der Waals surface area contributed by atoms with Gasteiger partial charge in [-0.2, -0.15) is 0 Å². The summed E-state index contributed by atoms with van der Waals surface area (Å²) in [4.78, 5) is 3.99. The molecule has 2 heteroatoms. The van der Waals surface area contributed by atoms with Gasteiger partial charge in [0.25, 0.3) is 0 Å². The third-order valence-electron chi connectivity index (χ3n) is 2.53. The number of rotatable bonds is 4. The van der Waals surface area contributed by atoms with E-state index in [0.717, 1.165) is 13.1 Å². The summed E-state index contributed by atoms with van der Waals surface area (Å²) in [7, 11) is 0. The molecule has 0 amide bonds. The third-order valence-corrected chi connectivity index (χ3v) is 2.53. The minimum Gasteiger partial charge on any atom is -0.309 e. The molecule has 18 heavy (non-hydrogen) atoms. The number of pyridine rings is 1. The van der Waals surface area contributed by atoms with Gasteiger partial charge in [0.05, 0.1) is 0 Å². The van der Waals surface area contributed by atoms with Crippen LogP contribution in [0.1, 0.15) is 30.5 Å². The molecule has 1 N–H and O–H groups in total. The van der Waals surface area contributed by atoms with Crippen LogP contribution >= 0.6 is 0 Å². The van der Waals surface area contributed by atoms with Gasteiger partial charge in [0, 0.05) is 25.5 Å². The average Bonchev–Trinajstić information content (AvgIpc) is 2.44. The fourth-order valence-electron chi connectivity index (χ4n) is 1.56. The number of hydrogen-bond donors (Lipinski definition) is 1. The zero-order chi connectivity index (χ0) is 13.2. The Morgan fingerprint density at radius 3 is 1.89 bits per heavy atom. The van der Waals surface area contributed by atoms with Crippen molar-refractivity contribution in [2.75, 3.05) is 0 Å². The highest BCUT2D eigenvalue weighted by molar-refractivity contribution is 5.21. The Kier molecular flexibility index (Phi) is 6.74. The quantitative estimate of drug-likeness (QED) is 0.884. The molecule has 0 bridgehead atoms. The third kappa shape index (κ3) is 5.11. The van der Waals surface area contributed by atoms with E-state index in [9.17, 15) is 0 Å². The highest BCUT2D eigenvalue weighted by Crippen LogP contribution is 2.03. The van der Waals surface area contributed by atoms with Crippen LogP contribution in [0.5, 0.6) is 0 Å². The van der Waals surface area contributed by atoms with Gasteiger partial charge < -0.3 is 5.32 Å². The Morgan fingerprint density at radius 2 is 1.33 bits per heavy atom. The lowest BCUT2D eigenvalue weighted by atomic mass is 10.1. The maximum Gasteiger partial charge on any atom is 0.0271 e. The Labute approximate surface area is 110 Å². The fourth-order valence-corrected chi connectivity index (χ4v) is 1.56. The molecule has 0 saturated carbocycles. The average molecular weight is 242 g/mol. The molecule has 1 aromatic heterocycles. The molecule has 2 nitrogen and oxygen atoms in total. The predicted molar refractivity (Wildman–Crippen MR) is 77.3 cm³/mol. The van der Waals surface area contributed by atoms with Crippen LogP contribution in [-0.4, -0.2) is 4.98 Å². The van der Waals surface area contributed by atoms with Crippen LogP contribution in [0, 0.1) is 6.92 Å². The van der Waals surface area contributed by atoms with Gasteiger partial charge in [-0.1, -0.05) is 43.7 Å². The summed E-state index contributed by atoms with van der Waals surface area (Å²) in [5.41, 5.74) is 3.89. The van der Waals surface area contributed by atoms with E-state index in [1.165, 1.54) is 16.7 Å². The van der Waals surface area contributed by atoms with Crippen molar-refractivity contribution in [3.8, 4) is 0 Å². The summed E-state index contributed by atoms with van der Waals surface area (Å²) in [5, 5.41) is 3.41. The molecule has 0 aliphatic heterocycles. The van der Waals surface area contributed by atoms with Gasteiger partial charge >= 0.3 is 0 Å². The first-order valence-corrected chi connectivity index (χ1v) is 6.50. The van der Waals surface area contributed by atoms with E-state index in [0.29, 0.717) is 0 Å². The van der Waals surface area contributed by atoms with Crippen LogP contribution in [0.3, 0.4) is 0 Å². The number of aryl methyl sites for hydroxylation is 1. The van der Waals surface area contributed by atoms with Crippen LogP contribution in [-0.2, 0) is 13.1 Å². The zero-order valence-corrected chi connectivity index (χ0v) is 11.5. The standard InChI is InChI=1S/C14H16N2.C2H6/c1-12-2-4-13(5-3-12)10-16-11-14-6-8-15-9-7-14;1-2/h2-9,16H,10-11H2,1H3;1-2H3. The summed E-state index contributed by atoms with van der Waals surface area (Å²) in [5.74, 6) is 0. The highest BCUT2D eigenvalue weighted by atomic mass is 14.8. The first-order chi connectivity index (χ1) is 8.84. The number of aromatic nitrogens is 1. The molecule has 0 unspecified atom stereocenters. The molecule has 2 rings (SSSR count). The number of benzene rings is 1. The van der Waals surface area contributed by atoms with E-state index in [-0.39, 0.29) is 0 Å². The van der Waals surface area contributed by atoms with E-state index in [2.05, 4.69) is 41.5 Å². The maximum atomic E-state index is 3.99. The van der Waals surface area contributed by atoms with Gasteiger partial charge in [0.2, 0.25) is 0 Å². The van der Waals surface area contributed by atoms with Crippen molar-refractivity contribution in [2.24, 2.45) is 0 Å². The largest absolute Gasteiger partial charge is 0.309 e. The second-order valence-electron chi connectivity index (χ2n) is 3.94. The Balaban J connectivity index is 0.000000771. The van der Waals surface area contributed by atoms with Crippen molar-refractivity contribution in [2.45, 2.75) is 33.9 Å².